The number of halogens is 2. The molecule has 1 aromatic carbocycles. The molecule has 21 heavy (non-hydrogen) atoms. The van der Waals surface area contributed by atoms with Gasteiger partial charge in [0.2, 0.25) is 11.8 Å². The summed E-state index contributed by atoms with van der Waals surface area (Å²) in [6.45, 7) is 0. The number of nitrogens with zero attached hydrogens (tertiary/aromatic N) is 3. The zero-order valence-corrected chi connectivity index (χ0v) is 11.6. The fraction of sp³-hybridized carbons (Fsp3) is 0. The number of hydrogen-bond acceptors (Lipinski definition) is 4. The van der Waals surface area contributed by atoms with Gasteiger partial charge in [-0.3, -0.25) is 9.59 Å². The van der Waals surface area contributed by atoms with Crippen molar-refractivity contribution in [2.24, 2.45) is 10.2 Å². The monoisotopic (exact) mass is 325 g/mol. The molecule has 0 aliphatic carbocycles. The van der Waals surface area contributed by atoms with Crippen LogP contribution in [0.1, 0.15) is 20.7 Å². The topological polar surface area (TPSA) is 104 Å². The minimum Gasteiger partial charge on any atom is -0.493 e. The molecule has 2 N–H and O–H groups in total. The van der Waals surface area contributed by atoms with E-state index in [1.807, 2.05) is 0 Å². The summed E-state index contributed by atoms with van der Waals surface area (Å²) >= 11 is 11.5. The van der Waals surface area contributed by atoms with Crippen LogP contribution in [0.15, 0.2) is 28.4 Å². The molecule has 2 amide bonds. The van der Waals surface area contributed by atoms with Crippen LogP contribution in [0.2, 0.25) is 10.0 Å². The SMILES string of the molecule is O=C1N=NC(=O)c2c1cccc2-n1c(O)c(Cl)c(Cl)c1O. The van der Waals surface area contributed by atoms with Gasteiger partial charge in [0.15, 0.2) is 0 Å². The summed E-state index contributed by atoms with van der Waals surface area (Å²) in [7, 11) is 0. The molecule has 2 heterocycles. The van der Waals surface area contributed by atoms with Crippen molar-refractivity contribution >= 4 is 35.0 Å². The lowest BCUT2D eigenvalue weighted by atomic mass is 10.0. The Balaban J connectivity index is 2.38. The summed E-state index contributed by atoms with van der Waals surface area (Å²) in [5.74, 6) is -2.60. The van der Waals surface area contributed by atoms with Crippen LogP contribution < -0.4 is 0 Å². The van der Waals surface area contributed by atoms with E-state index < -0.39 is 23.6 Å². The first kappa shape index (κ1) is 13.6. The summed E-state index contributed by atoms with van der Waals surface area (Å²) in [4.78, 5) is 23.5. The van der Waals surface area contributed by atoms with Crippen LogP contribution in [0.5, 0.6) is 11.8 Å². The molecular weight excluding hydrogens is 321 g/mol. The maximum absolute atomic E-state index is 11.9. The molecule has 0 bridgehead atoms. The van der Waals surface area contributed by atoms with Gasteiger partial charge in [-0.2, -0.15) is 0 Å². The van der Waals surface area contributed by atoms with Gasteiger partial charge in [0.25, 0.3) is 11.8 Å². The highest BCUT2D eigenvalue weighted by atomic mass is 35.5. The summed E-state index contributed by atoms with van der Waals surface area (Å²) in [6.07, 6.45) is 0. The Morgan fingerprint density at radius 1 is 0.952 bits per heavy atom. The number of rotatable bonds is 1. The van der Waals surface area contributed by atoms with Gasteiger partial charge in [-0.1, -0.05) is 29.3 Å². The molecule has 0 fully saturated rings. The smallest absolute Gasteiger partial charge is 0.298 e. The molecule has 9 heteroatoms. The average Bonchev–Trinajstić information content (AvgIpc) is 2.67. The molecule has 106 valence electrons. The van der Waals surface area contributed by atoms with Gasteiger partial charge in [0, 0.05) is 0 Å². The Kier molecular flexibility index (Phi) is 2.96. The predicted molar refractivity (Wildman–Crippen MR) is 72.6 cm³/mol. The van der Waals surface area contributed by atoms with Crippen LogP contribution in [-0.2, 0) is 0 Å². The third-order valence-electron chi connectivity index (χ3n) is 2.97. The summed E-state index contributed by atoms with van der Waals surface area (Å²) in [5, 5.41) is 25.8. The lowest BCUT2D eigenvalue weighted by Gasteiger charge is -2.14. The van der Waals surface area contributed by atoms with E-state index in [1.54, 1.807) is 0 Å². The van der Waals surface area contributed by atoms with Crippen molar-refractivity contribution < 1.29 is 19.8 Å². The summed E-state index contributed by atoms with van der Waals surface area (Å²) < 4.78 is 0.857. The van der Waals surface area contributed by atoms with E-state index in [4.69, 9.17) is 23.2 Å². The minimum atomic E-state index is -0.778. The van der Waals surface area contributed by atoms with E-state index in [0.717, 1.165) is 4.57 Å². The summed E-state index contributed by atoms with van der Waals surface area (Å²) in [5.41, 5.74) is -0.0769. The van der Waals surface area contributed by atoms with Crippen molar-refractivity contribution in [1.29, 1.82) is 0 Å². The molecule has 0 atom stereocenters. The van der Waals surface area contributed by atoms with Crippen LogP contribution >= 0.6 is 23.2 Å². The largest absolute Gasteiger partial charge is 0.493 e. The van der Waals surface area contributed by atoms with Crippen molar-refractivity contribution in [3.8, 4) is 17.4 Å². The van der Waals surface area contributed by atoms with Crippen LogP contribution in [-0.4, -0.2) is 26.6 Å². The maximum Gasteiger partial charge on any atom is 0.298 e. The van der Waals surface area contributed by atoms with Gasteiger partial charge in [-0.05, 0) is 12.1 Å². The molecule has 0 spiro atoms. The molecule has 0 radical (unpaired) electrons. The Labute approximate surface area is 127 Å². The van der Waals surface area contributed by atoms with Gasteiger partial charge < -0.3 is 10.2 Å². The first-order valence-electron chi connectivity index (χ1n) is 5.55. The second-order valence-electron chi connectivity index (χ2n) is 4.12. The van der Waals surface area contributed by atoms with Crippen molar-refractivity contribution in [2.45, 2.75) is 0 Å². The third kappa shape index (κ3) is 1.82. The quantitative estimate of drug-likeness (QED) is 0.840. The number of amides is 2. The number of azo groups is 1. The zero-order chi connectivity index (χ0) is 15.3. The number of carbonyl (C=O) groups excluding carboxylic acids is 2. The standard InChI is InChI=1S/C12H5Cl2N3O4/c13-7-8(14)12(21)17(11(7)20)5-3-1-2-4-6(5)10(19)16-15-9(4)18/h1-3,20-21H. The second kappa shape index (κ2) is 4.57. The number of fused-ring (bicyclic) bond motifs is 1. The number of carbonyl (C=O) groups is 2. The van der Waals surface area contributed by atoms with Gasteiger partial charge in [-0.15, -0.1) is 10.2 Å². The zero-order valence-electron chi connectivity index (χ0n) is 10.0. The molecule has 0 saturated heterocycles. The highest BCUT2D eigenvalue weighted by Crippen LogP contribution is 2.44. The molecule has 0 saturated carbocycles. The van der Waals surface area contributed by atoms with Gasteiger partial charge >= 0.3 is 0 Å². The van der Waals surface area contributed by atoms with Crippen LogP contribution in [0.4, 0.5) is 0 Å². The van der Waals surface area contributed by atoms with E-state index in [2.05, 4.69) is 10.2 Å². The van der Waals surface area contributed by atoms with Crippen molar-refractivity contribution in [1.82, 2.24) is 4.57 Å². The molecule has 1 aromatic heterocycles. The normalized spacial score (nSPS) is 13.6. The van der Waals surface area contributed by atoms with Crippen molar-refractivity contribution in [3.63, 3.8) is 0 Å². The van der Waals surface area contributed by atoms with Crippen molar-refractivity contribution in [2.75, 3.05) is 0 Å². The molecule has 1 aliphatic heterocycles. The number of benzene rings is 1. The van der Waals surface area contributed by atoms with Gasteiger partial charge in [0.1, 0.15) is 10.0 Å². The highest BCUT2D eigenvalue weighted by molar-refractivity contribution is 6.44. The van der Waals surface area contributed by atoms with E-state index in [0.29, 0.717) is 0 Å². The third-order valence-corrected chi connectivity index (χ3v) is 3.78. The Hall–Kier alpha value is -2.38. The fourth-order valence-corrected chi connectivity index (χ4v) is 2.38. The van der Waals surface area contributed by atoms with E-state index in [1.165, 1.54) is 18.2 Å². The summed E-state index contributed by atoms with van der Waals surface area (Å²) in [6, 6.07) is 4.25. The Morgan fingerprint density at radius 2 is 1.52 bits per heavy atom. The molecular formula is C12H5Cl2N3O4. The molecule has 7 nitrogen and oxygen atoms in total. The second-order valence-corrected chi connectivity index (χ2v) is 4.88. The van der Waals surface area contributed by atoms with Crippen LogP contribution in [0, 0.1) is 0 Å². The number of aromatic nitrogens is 1. The van der Waals surface area contributed by atoms with E-state index in [-0.39, 0.29) is 26.9 Å². The molecule has 1 aliphatic rings. The minimum absolute atomic E-state index is 0.00671. The lowest BCUT2D eigenvalue weighted by Crippen LogP contribution is -2.14. The maximum atomic E-state index is 11.9. The molecule has 0 unspecified atom stereocenters. The first-order valence-corrected chi connectivity index (χ1v) is 6.30. The average molecular weight is 326 g/mol. The lowest BCUT2D eigenvalue weighted by molar-refractivity contribution is 0.0920. The van der Waals surface area contributed by atoms with Crippen LogP contribution in [0.3, 0.4) is 0 Å². The Morgan fingerprint density at radius 3 is 2.14 bits per heavy atom. The fourth-order valence-electron chi connectivity index (χ4n) is 2.05. The number of hydrogen-bond donors (Lipinski definition) is 2. The van der Waals surface area contributed by atoms with Crippen molar-refractivity contribution in [3.05, 3.63) is 39.4 Å². The van der Waals surface area contributed by atoms with Gasteiger partial charge in [0.05, 0.1) is 16.8 Å². The highest BCUT2D eigenvalue weighted by Gasteiger charge is 2.29. The van der Waals surface area contributed by atoms with Gasteiger partial charge in [-0.25, -0.2) is 4.57 Å². The van der Waals surface area contributed by atoms with E-state index >= 15 is 0 Å². The van der Waals surface area contributed by atoms with Crippen LogP contribution in [0.25, 0.3) is 5.69 Å². The first-order chi connectivity index (χ1) is 9.93. The van der Waals surface area contributed by atoms with E-state index in [9.17, 15) is 19.8 Å². The number of aromatic hydroxyl groups is 2. The molecule has 3 rings (SSSR count). The molecule has 2 aromatic rings. The predicted octanol–water partition coefficient (Wildman–Crippen LogP) is 2.94. The Bertz CT molecular complexity index is 816.